The van der Waals surface area contributed by atoms with Crippen molar-refractivity contribution in [3.05, 3.63) is 24.3 Å². The lowest BCUT2D eigenvalue weighted by molar-refractivity contribution is 0.0273. The van der Waals surface area contributed by atoms with Gasteiger partial charge in [-0.2, -0.15) is 0 Å². The van der Waals surface area contributed by atoms with Crippen molar-refractivity contribution in [2.45, 2.75) is 31.9 Å². The third-order valence-corrected chi connectivity index (χ3v) is 2.72. The van der Waals surface area contributed by atoms with Crippen molar-refractivity contribution in [3.8, 4) is 0 Å². The van der Waals surface area contributed by atoms with Crippen molar-refractivity contribution in [3.63, 3.8) is 0 Å². The Morgan fingerprint density at radius 1 is 1.53 bits per heavy atom. The first-order valence-corrected chi connectivity index (χ1v) is 5.46. The van der Waals surface area contributed by atoms with Crippen LogP contribution in [0.15, 0.2) is 18.6 Å². The van der Waals surface area contributed by atoms with Crippen LogP contribution in [-0.2, 0) is 4.74 Å². The molecule has 82 valence electrons. The Balaban J connectivity index is 2.07. The molecule has 1 fully saturated rings. The molecule has 1 aromatic heterocycles. The van der Waals surface area contributed by atoms with E-state index in [0.29, 0.717) is 12.5 Å². The molecule has 15 heavy (non-hydrogen) atoms. The van der Waals surface area contributed by atoms with Crippen LogP contribution >= 0.6 is 0 Å². The topological polar surface area (TPSA) is 61.0 Å². The molecular weight excluding hydrogens is 190 g/mol. The van der Waals surface area contributed by atoms with E-state index in [9.17, 15) is 0 Å². The second kappa shape index (κ2) is 4.68. The zero-order valence-corrected chi connectivity index (χ0v) is 8.97. The summed E-state index contributed by atoms with van der Waals surface area (Å²) in [6, 6.07) is -0.147. The largest absolute Gasteiger partial charge is 0.376 e. The van der Waals surface area contributed by atoms with Gasteiger partial charge in [-0.15, -0.1) is 0 Å². The average Bonchev–Trinajstić information content (AvgIpc) is 3.10. The second-order valence-electron chi connectivity index (χ2n) is 3.91. The van der Waals surface area contributed by atoms with Gasteiger partial charge in [0, 0.05) is 19.0 Å². The van der Waals surface area contributed by atoms with E-state index in [1.807, 2.05) is 6.92 Å². The summed E-state index contributed by atoms with van der Waals surface area (Å²) >= 11 is 0. The number of aromatic nitrogens is 2. The zero-order valence-electron chi connectivity index (χ0n) is 8.97. The summed E-state index contributed by atoms with van der Waals surface area (Å²) in [7, 11) is 0. The van der Waals surface area contributed by atoms with Crippen molar-refractivity contribution in [2.24, 2.45) is 11.7 Å². The van der Waals surface area contributed by atoms with Gasteiger partial charge in [-0.05, 0) is 25.7 Å². The van der Waals surface area contributed by atoms with Crippen LogP contribution in [0.25, 0.3) is 0 Å². The molecule has 1 saturated carbocycles. The zero-order chi connectivity index (χ0) is 10.7. The van der Waals surface area contributed by atoms with Gasteiger partial charge in [-0.3, -0.25) is 9.97 Å². The molecule has 2 N–H and O–H groups in total. The monoisotopic (exact) mass is 207 g/mol. The molecule has 2 atom stereocenters. The highest BCUT2D eigenvalue weighted by Crippen LogP contribution is 2.38. The van der Waals surface area contributed by atoms with Crippen molar-refractivity contribution in [2.75, 3.05) is 6.61 Å². The fraction of sp³-hybridized carbons (Fsp3) is 0.636. The second-order valence-corrected chi connectivity index (χ2v) is 3.91. The van der Waals surface area contributed by atoms with Crippen LogP contribution in [0.3, 0.4) is 0 Å². The Bertz CT molecular complexity index is 300. The molecule has 1 aliphatic carbocycles. The molecular formula is C11H17N3O. The molecule has 0 bridgehead atoms. The molecule has 4 heteroatoms. The van der Waals surface area contributed by atoms with Crippen LogP contribution in [0, 0.1) is 5.92 Å². The van der Waals surface area contributed by atoms with Crippen molar-refractivity contribution >= 4 is 0 Å². The minimum absolute atomic E-state index is 0.103. The fourth-order valence-electron chi connectivity index (χ4n) is 1.80. The van der Waals surface area contributed by atoms with Gasteiger partial charge in [-0.25, -0.2) is 0 Å². The summed E-state index contributed by atoms with van der Waals surface area (Å²) in [6.07, 6.45) is 7.59. The number of nitrogens with zero attached hydrogens (tertiary/aromatic N) is 2. The van der Waals surface area contributed by atoms with Crippen molar-refractivity contribution in [1.82, 2.24) is 9.97 Å². The number of nitrogens with two attached hydrogens (primary N) is 1. The maximum Gasteiger partial charge on any atom is 0.0811 e. The predicted octanol–water partition coefficient (Wildman–Crippen LogP) is 1.29. The van der Waals surface area contributed by atoms with Crippen LogP contribution in [0.1, 0.15) is 31.5 Å². The Morgan fingerprint density at radius 3 is 2.87 bits per heavy atom. The molecule has 1 aliphatic rings. The van der Waals surface area contributed by atoms with Crippen molar-refractivity contribution in [1.29, 1.82) is 0 Å². The molecule has 1 heterocycles. The minimum Gasteiger partial charge on any atom is -0.376 e. The lowest BCUT2D eigenvalue weighted by atomic mass is 10.0. The molecule has 0 radical (unpaired) electrons. The van der Waals surface area contributed by atoms with E-state index < -0.39 is 0 Å². The first-order valence-electron chi connectivity index (χ1n) is 5.46. The van der Waals surface area contributed by atoms with Crippen LogP contribution in [0.4, 0.5) is 0 Å². The normalized spacial score (nSPS) is 19.9. The lowest BCUT2D eigenvalue weighted by Gasteiger charge is -2.22. The van der Waals surface area contributed by atoms with Crippen molar-refractivity contribution < 1.29 is 4.74 Å². The van der Waals surface area contributed by atoms with E-state index in [-0.39, 0.29) is 12.1 Å². The quantitative estimate of drug-likeness (QED) is 0.790. The SMILES string of the molecule is CCOC(C1CC1)C(N)c1cnccn1. The molecule has 0 aromatic carbocycles. The molecule has 0 spiro atoms. The van der Waals surface area contributed by atoms with Crippen LogP contribution < -0.4 is 5.73 Å². The fourth-order valence-corrected chi connectivity index (χ4v) is 1.80. The number of ether oxygens (including phenoxy) is 1. The highest BCUT2D eigenvalue weighted by Gasteiger charge is 2.36. The van der Waals surface area contributed by atoms with Gasteiger partial charge in [0.25, 0.3) is 0 Å². The maximum atomic E-state index is 6.14. The molecule has 0 amide bonds. The third kappa shape index (κ3) is 2.52. The van der Waals surface area contributed by atoms with E-state index in [0.717, 1.165) is 5.69 Å². The maximum absolute atomic E-state index is 6.14. The van der Waals surface area contributed by atoms with Gasteiger partial charge in [0.05, 0.1) is 24.0 Å². The highest BCUT2D eigenvalue weighted by molar-refractivity contribution is 5.06. The van der Waals surface area contributed by atoms with Gasteiger partial charge in [0.2, 0.25) is 0 Å². The molecule has 0 aliphatic heterocycles. The third-order valence-electron chi connectivity index (χ3n) is 2.72. The van der Waals surface area contributed by atoms with E-state index in [1.54, 1.807) is 18.6 Å². The van der Waals surface area contributed by atoms with Crippen LogP contribution in [0.5, 0.6) is 0 Å². The van der Waals surface area contributed by atoms with Gasteiger partial charge >= 0.3 is 0 Å². The van der Waals surface area contributed by atoms with Gasteiger partial charge in [0.1, 0.15) is 0 Å². The predicted molar refractivity (Wildman–Crippen MR) is 57.1 cm³/mol. The smallest absolute Gasteiger partial charge is 0.0811 e. The van der Waals surface area contributed by atoms with E-state index in [4.69, 9.17) is 10.5 Å². The average molecular weight is 207 g/mol. The first kappa shape index (κ1) is 10.5. The Hall–Kier alpha value is -1.00. The Morgan fingerprint density at radius 2 is 2.33 bits per heavy atom. The first-order chi connectivity index (χ1) is 7.33. The summed E-state index contributed by atoms with van der Waals surface area (Å²) in [6.45, 7) is 2.70. The van der Waals surface area contributed by atoms with Gasteiger partial charge in [0.15, 0.2) is 0 Å². The standard InChI is InChI=1S/C11H17N3O/c1-2-15-11(8-3-4-8)10(12)9-7-13-5-6-14-9/h5-8,10-11H,2-4,12H2,1H3. The van der Waals surface area contributed by atoms with E-state index in [1.165, 1.54) is 12.8 Å². The van der Waals surface area contributed by atoms with E-state index >= 15 is 0 Å². The summed E-state index contributed by atoms with van der Waals surface area (Å²) in [5, 5.41) is 0. The lowest BCUT2D eigenvalue weighted by Crippen LogP contribution is -2.31. The highest BCUT2D eigenvalue weighted by atomic mass is 16.5. The van der Waals surface area contributed by atoms with Gasteiger partial charge in [-0.1, -0.05) is 0 Å². The Kier molecular flexibility index (Phi) is 3.28. The number of hydrogen-bond donors (Lipinski definition) is 1. The van der Waals surface area contributed by atoms with E-state index in [2.05, 4.69) is 9.97 Å². The summed E-state index contributed by atoms with van der Waals surface area (Å²) in [5.74, 6) is 0.613. The van der Waals surface area contributed by atoms with Gasteiger partial charge < -0.3 is 10.5 Å². The minimum atomic E-state index is -0.147. The summed E-state index contributed by atoms with van der Waals surface area (Å²) in [4.78, 5) is 8.25. The summed E-state index contributed by atoms with van der Waals surface area (Å²) < 4.78 is 5.69. The van der Waals surface area contributed by atoms with Crippen LogP contribution in [0.2, 0.25) is 0 Å². The molecule has 1 aromatic rings. The molecule has 4 nitrogen and oxygen atoms in total. The number of hydrogen-bond acceptors (Lipinski definition) is 4. The molecule has 2 rings (SSSR count). The Labute approximate surface area is 89.9 Å². The number of rotatable bonds is 5. The molecule has 0 saturated heterocycles. The molecule has 2 unspecified atom stereocenters. The summed E-state index contributed by atoms with van der Waals surface area (Å²) in [5.41, 5.74) is 6.96. The van der Waals surface area contributed by atoms with Crippen LogP contribution in [-0.4, -0.2) is 22.7 Å².